The molecule has 9 heteroatoms. The summed E-state index contributed by atoms with van der Waals surface area (Å²) in [5.41, 5.74) is 1.69. The number of aromatic amines is 1. The van der Waals surface area contributed by atoms with E-state index in [9.17, 15) is 14.4 Å². The first kappa shape index (κ1) is 23.1. The largest absolute Gasteiger partial charge is 0.465 e. The van der Waals surface area contributed by atoms with Gasteiger partial charge >= 0.3 is 11.9 Å². The standard InChI is InChI=1S/C23H23N3O5S/c1-5-11-31-22(29)16-13(3)24-19-18(20(27)26-23(25-19)32-12-6-2)17(16)14-7-9-15(10-8-14)21(28)30-4/h5-10,17H,1-2,11-12H2,3-4H3,(H2,24,25,26,27)/t17-/m1/s1. The molecule has 0 spiro atoms. The molecule has 2 heterocycles. The van der Waals surface area contributed by atoms with Crippen LogP contribution in [0.1, 0.15) is 34.3 Å². The van der Waals surface area contributed by atoms with Crippen LogP contribution in [-0.4, -0.2) is 41.4 Å². The number of esters is 2. The summed E-state index contributed by atoms with van der Waals surface area (Å²) in [4.78, 5) is 45.1. The number of anilines is 1. The van der Waals surface area contributed by atoms with Crippen molar-refractivity contribution in [2.75, 3.05) is 24.8 Å². The van der Waals surface area contributed by atoms with Crippen molar-refractivity contribution in [1.82, 2.24) is 9.97 Å². The number of ether oxygens (including phenoxy) is 2. The second kappa shape index (κ2) is 10.1. The van der Waals surface area contributed by atoms with Crippen molar-refractivity contribution in [3.8, 4) is 0 Å². The van der Waals surface area contributed by atoms with Gasteiger partial charge in [0.15, 0.2) is 5.16 Å². The third-order valence-electron chi connectivity index (χ3n) is 4.78. The number of carbonyl (C=O) groups excluding carboxylic acids is 2. The average Bonchev–Trinajstić information content (AvgIpc) is 2.79. The quantitative estimate of drug-likeness (QED) is 0.271. The van der Waals surface area contributed by atoms with Crippen LogP contribution in [0.15, 0.2) is 70.8 Å². The lowest BCUT2D eigenvalue weighted by Crippen LogP contribution is -2.31. The molecular weight excluding hydrogens is 430 g/mol. The molecule has 1 atom stereocenters. The van der Waals surface area contributed by atoms with Crippen molar-refractivity contribution in [2.24, 2.45) is 0 Å². The third kappa shape index (κ3) is 4.67. The van der Waals surface area contributed by atoms with Crippen molar-refractivity contribution in [1.29, 1.82) is 0 Å². The Morgan fingerprint density at radius 2 is 1.91 bits per heavy atom. The fourth-order valence-corrected chi connectivity index (χ4v) is 3.98. The van der Waals surface area contributed by atoms with Crippen molar-refractivity contribution >= 4 is 29.5 Å². The maximum atomic E-state index is 13.1. The lowest BCUT2D eigenvalue weighted by molar-refractivity contribution is -0.138. The highest BCUT2D eigenvalue weighted by Crippen LogP contribution is 2.40. The lowest BCUT2D eigenvalue weighted by Gasteiger charge is -2.28. The van der Waals surface area contributed by atoms with Gasteiger partial charge in [-0.2, -0.15) is 0 Å². The summed E-state index contributed by atoms with van der Waals surface area (Å²) < 4.78 is 10.0. The summed E-state index contributed by atoms with van der Waals surface area (Å²) in [6.45, 7) is 8.99. The van der Waals surface area contributed by atoms with E-state index in [-0.39, 0.29) is 23.3 Å². The van der Waals surface area contributed by atoms with E-state index >= 15 is 0 Å². The van der Waals surface area contributed by atoms with Crippen LogP contribution < -0.4 is 10.9 Å². The normalized spacial score (nSPS) is 14.8. The summed E-state index contributed by atoms with van der Waals surface area (Å²) in [7, 11) is 1.30. The van der Waals surface area contributed by atoms with E-state index in [1.807, 2.05) is 0 Å². The van der Waals surface area contributed by atoms with Gasteiger partial charge in [0.05, 0.1) is 29.7 Å². The monoisotopic (exact) mass is 453 g/mol. The van der Waals surface area contributed by atoms with Crippen LogP contribution in [0.3, 0.4) is 0 Å². The van der Waals surface area contributed by atoms with E-state index in [4.69, 9.17) is 9.47 Å². The molecule has 0 radical (unpaired) electrons. The van der Waals surface area contributed by atoms with E-state index in [2.05, 4.69) is 28.4 Å². The Hall–Kier alpha value is -3.59. The van der Waals surface area contributed by atoms with Crippen LogP contribution in [-0.2, 0) is 14.3 Å². The molecule has 3 rings (SSSR count). The number of methoxy groups -OCH3 is 1. The fourth-order valence-electron chi connectivity index (χ4n) is 3.38. The smallest absolute Gasteiger partial charge is 0.337 e. The number of rotatable bonds is 8. The van der Waals surface area contributed by atoms with Crippen LogP contribution in [0.5, 0.6) is 0 Å². The zero-order valence-electron chi connectivity index (χ0n) is 17.8. The minimum Gasteiger partial charge on any atom is -0.465 e. The highest BCUT2D eigenvalue weighted by atomic mass is 32.2. The zero-order valence-corrected chi connectivity index (χ0v) is 18.6. The SMILES string of the molecule is C=CCOC(=O)C1=C(C)Nc2nc(SCC=C)[nH]c(=O)c2[C@@H]1c1ccc(C(=O)OC)cc1. The number of hydrogen-bond donors (Lipinski definition) is 2. The molecule has 166 valence electrons. The van der Waals surface area contributed by atoms with E-state index in [1.165, 1.54) is 24.9 Å². The van der Waals surface area contributed by atoms with Gasteiger partial charge in [-0.15, -0.1) is 6.58 Å². The molecule has 0 saturated heterocycles. The third-order valence-corrected chi connectivity index (χ3v) is 5.65. The first-order valence-electron chi connectivity index (χ1n) is 9.73. The van der Waals surface area contributed by atoms with E-state index in [0.29, 0.717) is 33.6 Å². The number of fused-ring (bicyclic) bond motifs is 1. The summed E-state index contributed by atoms with van der Waals surface area (Å²) in [5.74, 6) is -0.867. The summed E-state index contributed by atoms with van der Waals surface area (Å²) in [6.07, 6.45) is 3.18. The van der Waals surface area contributed by atoms with Crippen molar-refractivity contribution < 1.29 is 19.1 Å². The number of allylic oxidation sites excluding steroid dienone is 1. The molecule has 0 aliphatic carbocycles. The average molecular weight is 454 g/mol. The number of nitrogens with one attached hydrogen (secondary N) is 2. The summed E-state index contributed by atoms with van der Waals surface area (Å²) in [5, 5.41) is 3.51. The van der Waals surface area contributed by atoms with Gasteiger partial charge in [0.25, 0.3) is 5.56 Å². The predicted molar refractivity (Wildman–Crippen MR) is 123 cm³/mol. The second-order valence-electron chi connectivity index (χ2n) is 6.83. The van der Waals surface area contributed by atoms with E-state index < -0.39 is 17.9 Å². The Morgan fingerprint density at radius 1 is 1.19 bits per heavy atom. The second-order valence-corrected chi connectivity index (χ2v) is 7.84. The lowest BCUT2D eigenvalue weighted by atomic mass is 9.82. The zero-order chi connectivity index (χ0) is 23.3. The van der Waals surface area contributed by atoms with Gasteiger partial charge in [0.1, 0.15) is 12.4 Å². The fraction of sp³-hybridized carbons (Fsp3) is 0.217. The van der Waals surface area contributed by atoms with Gasteiger partial charge in [-0.25, -0.2) is 14.6 Å². The molecule has 0 fully saturated rings. The summed E-state index contributed by atoms with van der Waals surface area (Å²) in [6, 6.07) is 6.53. The molecule has 0 amide bonds. The Labute approximate surface area is 189 Å². The van der Waals surface area contributed by atoms with Gasteiger partial charge in [-0.05, 0) is 24.6 Å². The van der Waals surface area contributed by atoms with Crippen LogP contribution in [0.4, 0.5) is 5.82 Å². The molecule has 1 aliphatic heterocycles. The van der Waals surface area contributed by atoms with Gasteiger partial charge in [0.2, 0.25) is 0 Å². The molecule has 1 aliphatic rings. The molecule has 32 heavy (non-hydrogen) atoms. The predicted octanol–water partition coefficient (Wildman–Crippen LogP) is 3.40. The van der Waals surface area contributed by atoms with E-state index in [1.54, 1.807) is 37.3 Å². The Kier molecular flexibility index (Phi) is 7.32. The van der Waals surface area contributed by atoms with Gasteiger partial charge < -0.3 is 19.8 Å². The number of hydrogen-bond acceptors (Lipinski definition) is 8. The molecule has 2 aromatic rings. The number of nitrogens with zero attached hydrogens (tertiary/aromatic N) is 1. The number of thioether (sulfide) groups is 1. The molecule has 0 bridgehead atoms. The topological polar surface area (TPSA) is 110 Å². The van der Waals surface area contributed by atoms with Crippen LogP contribution in [0.2, 0.25) is 0 Å². The highest BCUT2D eigenvalue weighted by molar-refractivity contribution is 7.99. The molecule has 8 nitrogen and oxygen atoms in total. The maximum Gasteiger partial charge on any atom is 0.337 e. The first-order valence-corrected chi connectivity index (χ1v) is 10.7. The highest BCUT2D eigenvalue weighted by Gasteiger charge is 2.36. The first-order chi connectivity index (χ1) is 15.4. The Balaban J connectivity index is 2.15. The molecule has 1 aromatic heterocycles. The van der Waals surface area contributed by atoms with Gasteiger partial charge in [-0.1, -0.05) is 42.6 Å². The van der Waals surface area contributed by atoms with Crippen LogP contribution >= 0.6 is 11.8 Å². The van der Waals surface area contributed by atoms with Crippen molar-refractivity contribution in [3.05, 3.63) is 87.9 Å². The Morgan fingerprint density at radius 3 is 2.53 bits per heavy atom. The number of carbonyl (C=O) groups is 2. The number of H-pyrrole nitrogens is 1. The molecular formula is C23H23N3O5S. The van der Waals surface area contributed by atoms with Crippen LogP contribution in [0, 0.1) is 0 Å². The minimum atomic E-state index is -0.745. The van der Waals surface area contributed by atoms with Crippen molar-refractivity contribution in [2.45, 2.75) is 18.0 Å². The van der Waals surface area contributed by atoms with Gasteiger partial charge in [-0.3, -0.25) is 4.79 Å². The molecule has 0 unspecified atom stereocenters. The van der Waals surface area contributed by atoms with E-state index in [0.717, 1.165) is 0 Å². The molecule has 2 N–H and O–H groups in total. The molecule has 1 aromatic carbocycles. The molecule has 0 saturated carbocycles. The number of benzene rings is 1. The summed E-state index contributed by atoms with van der Waals surface area (Å²) >= 11 is 1.34. The van der Waals surface area contributed by atoms with Crippen molar-refractivity contribution in [3.63, 3.8) is 0 Å². The Bertz CT molecular complexity index is 1150. The minimum absolute atomic E-state index is 0.0300. The maximum absolute atomic E-state index is 13.1. The van der Waals surface area contributed by atoms with Crippen LogP contribution in [0.25, 0.3) is 0 Å². The number of aromatic nitrogens is 2. The van der Waals surface area contributed by atoms with Gasteiger partial charge in [0, 0.05) is 11.4 Å².